The van der Waals surface area contributed by atoms with E-state index >= 15 is 0 Å². The third-order valence-electron chi connectivity index (χ3n) is 5.39. The van der Waals surface area contributed by atoms with Gasteiger partial charge in [-0.05, 0) is 52.3 Å². The SMILES string of the molecule is CCOCCn1nc(C)c2nc(N3CCN[C@H](C)C3)nc(Nc3cc(C)cc(C)n3)c21. The maximum atomic E-state index is 5.57. The van der Waals surface area contributed by atoms with Gasteiger partial charge in [0.25, 0.3) is 0 Å². The second-order valence-corrected chi connectivity index (χ2v) is 8.17. The number of nitrogens with one attached hydrogen (secondary N) is 2. The van der Waals surface area contributed by atoms with Crippen molar-refractivity contribution in [2.75, 3.05) is 43.1 Å². The van der Waals surface area contributed by atoms with Crippen molar-refractivity contribution in [3.63, 3.8) is 0 Å². The molecule has 0 amide bonds. The number of aryl methyl sites for hydroxylation is 3. The molecule has 3 aromatic rings. The number of hydrogen-bond acceptors (Lipinski definition) is 8. The summed E-state index contributed by atoms with van der Waals surface area (Å²) >= 11 is 0. The fourth-order valence-electron chi connectivity index (χ4n) is 4.04. The van der Waals surface area contributed by atoms with Crippen LogP contribution in [0.2, 0.25) is 0 Å². The zero-order valence-electron chi connectivity index (χ0n) is 19.1. The van der Waals surface area contributed by atoms with E-state index in [1.54, 1.807) is 0 Å². The molecule has 1 fully saturated rings. The fourth-order valence-corrected chi connectivity index (χ4v) is 4.04. The summed E-state index contributed by atoms with van der Waals surface area (Å²) in [4.78, 5) is 16.8. The summed E-state index contributed by atoms with van der Waals surface area (Å²) < 4.78 is 7.51. The summed E-state index contributed by atoms with van der Waals surface area (Å²) in [6, 6.07) is 4.48. The van der Waals surface area contributed by atoms with Crippen LogP contribution in [-0.2, 0) is 11.3 Å². The second-order valence-electron chi connectivity index (χ2n) is 8.17. The van der Waals surface area contributed by atoms with Crippen molar-refractivity contribution in [3.8, 4) is 0 Å². The molecule has 9 heteroatoms. The summed E-state index contributed by atoms with van der Waals surface area (Å²) in [5.41, 5.74) is 4.74. The van der Waals surface area contributed by atoms with Crippen LogP contribution in [0.25, 0.3) is 11.0 Å². The highest BCUT2D eigenvalue weighted by Crippen LogP contribution is 2.29. The summed E-state index contributed by atoms with van der Waals surface area (Å²) in [7, 11) is 0. The van der Waals surface area contributed by atoms with Gasteiger partial charge in [-0.1, -0.05) is 0 Å². The van der Waals surface area contributed by atoms with Gasteiger partial charge in [-0.15, -0.1) is 0 Å². The van der Waals surface area contributed by atoms with Gasteiger partial charge in [0.2, 0.25) is 5.95 Å². The Bertz CT molecular complexity index is 1040. The Kier molecular flexibility index (Phi) is 6.33. The zero-order valence-corrected chi connectivity index (χ0v) is 19.1. The highest BCUT2D eigenvalue weighted by Gasteiger charge is 2.23. The van der Waals surface area contributed by atoms with Crippen molar-refractivity contribution in [2.24, 2.45) is 0 Å². The molecule has 31 heavy (non-hydrogen) atoms. The molecule has 9 nitrogen and oxygen atoms in total. The molecule has 0 radical (unpaired) electrons. The Balaban J connectivity index is 1.80. The van der Waals surface area contributed by atoms with E-state index in [0.29, 0.717) is 25.8 Å². The standard InChI is InChI=1S/C22H32N8O/c1-6-31-10-9-30-20-19(17(5)28-30)26-22(29-8-7-23-16(4)13-29)27-21(20)25-18-12-14(2)11-15(3)24-18/h11-12,16,23H,6-10,13H2,1-5H3,(H,24,25,26,27)/t16-/m1/s1. The van der Waals surface area contributed by atoms with E-state index in [2.05, 4.69) is 40.4 Å². The number of ether oxygens (including phenoxy) is 1. The Morgan fingerprint density at radius 2 is 2.03 bits per heavy atom. The van der Waals surface area contributed by atoms with Crippen LogP contribution in [0.5, 0.6) is 0 Å². The summed E-state index contributed by atoms with van der Waals surface area (Å²) in [5.74, 6) is 2.22. The monoisotopic (exact) mass is 424 g/mol. The molecule has 1 aliphatic heterocycles. The van der Waals surface area contributed by atoms with E-state index < -0.39 is 0 Å². The van der Waals surface area contributed by atoms with Crippen molar-refractivity contribution in [1.82, 2.24) is 30.0 Å². The minimum Gasteiger partial charge on any atom is -0.380 e. The van der Waals surface area contributed by atoms with E-state index in [0.717, 1.165) is 65.2 Å². The van der Waals surface area contributed by atoms with E-state index in [1.807, 2.05) is 31.5 Å². The molecule has 1 atom stereocenters. The minimum atomic E-state index is 0.389. The van der Waals surface area contributed by atoms with Gasteiger partial charge in [0.05, 0.1) is 18.8 Å². The highest BCUT2D eigenvalue weighted by molar-refractivity contribution is 5.90. The molecule has 2 N–H and O–H groups in total. The van der Waals surface area contributed by atoms with Gasteiger partial charge in [0, 0.05) is 38.0 Å². The maximum Gasteiger partial charge on any atom is 0.228 e. The van der Waals surface area contributed by atoms with Gasteiger partial charge >= 0.3 is 0 Å². The maximum absolute atomic E-state index is 5.57. The number of rotatable bonds is 7. The van der Waals surface area contributed by atoms with Crippen LogP contribution in [0.4, 0.5) is 17.6 Å². The van der Waals surface area contributed by atoms with Crippen LogP contribution in [0.15, 0.2) is 12.1 Å². The van der Waals surface area contributed by atoms with E-state index in [9.17, 15) is 0 Å². The number of anilines is 3. The first-order valence-electron chi connectivity index (χ1n) is 11.0. The first-order chi connectivity index (χ1) is 14.9. The first-order valence-corrected chi connectivity index (χ1v) is 11.0. The Morgan fingerprint density at radius 1 is 1.19 bits per heavy atom. The van der Waals surface area contributed by atoms with Crippen molar-refractivity contribution < 1.29 is 4.74 Å². The lowest BCUT2D eigenvalue weighted by Crippen LogP contribution is -2.49. The van der Waals surface area contributed by atoms with Gasteiger partial charge in [0.1, 0.15) is 16.9 Å². The molecule has 0 unspecified atom stereocenters. The van der Waals surface area contributed by atoms with Crippen LogP contribution >= 0.6 is 0 Å². The first kappa shape index (κ1) is 21.5. The Labute approximate surface area is 183 Å². The van der Waals surface area contributed by atoms with Gasteiger partial charge < -0.3 is 20.3 Å². The molecule has 1 aliphatic rings. The van der Waals surface area contributed by atoms with Crippen molar-refractivity contribution in [3.05, 3.63) is 29.1 Å². The molecule has 0 bridgehead atoms. The van der Waals surface area contributed by atoms with Crippen LogP contribution in [0.3, 0.4) is 0 Å². The highest BCUT2D eigenvalue weighted by atomic mass is 16.5. The second kappa shape index (κ2) is 9.15. The predicted octanol–water partition coefficient (Wildman–Crippen LogP) is 2.72. The largest absolute Gasteiger partial charge is 0.380 e. The molecule has 0 aliphatic carbocycles. The fraction of sp³-hybridized carbons (Fsp3) is 0.545. The van der Waals surface area contributed by atoms with E-state index in [1.165, 1.54) is 0 Å². The third kappa shape index (κ3) is 4.77. The molecule has 0 spiro atoms. The molecule has 0 aromatic carbocycles. The molecule has 166 valence electrons. The van der Waals surface area contributed by atoms with Gasteiger partial charge in [-0.3, -0.25) is 4.68 Å². The summed E-state index contributed by atoms with van der Waals surface area (Å²) in [5, 5.41) is 11.7. The van der Waals surface area contributed by atoms with Crippen LogP contribution in [-0.4, -0.2) is 63.6 Å². The molecule has 3 aromatic heterocycles. The molecular formula is C22H32N8O. The molecule has 0 saturated carbocycles. The average Bonchev–Trinajstić information content (AvgIpc) is 3.03. The lowest BCUT2D eigenvalue weighted by molar-refractivity contribution is 0.137. The van der Waals surface area contributed by atoms with Crippen molar-refractivity contribution >= 4 is 28.6 Å². The molecular weight excluding hydrogens is 392 g/mol. The van der Waals surface area contributed by atoms with Crippen molar-refractivity contribution in [1.29, 1.82) is 0 Å². The normalized spacial score (nSPS) is 16.8. The smallest absolute Gasteiger partial charge is 0.228 e. The number of hydrogen-bond donors (Lipinski definition) is 2. The quantitative estimate of drug-likeness (QED) is 0.559. The van der Waals surface area contributed by atoms with Gasteiger partial charge in [0.15, 0.2) is 5.82 Å². The number of piperazine rings is 1. The van der Waals surface area contributed by atoms with Crippen molar-refractivity contribution in [2.45, 2.75) is 47.2 Å². The number of aromatic nitrogens is 5. The topological polar surface area (TPSA) is 93.0 Å². The van der Waals surface area contributed by atoms with E-state index in [4.69, 9.17) is 19.8 Å². The average molecular weight is 425 g/mol. The molecule has 1 saturated heterocycles. The van der Waals surface area contributed by atoms with E-state index in [-0.39, 0.29) is 0 Å². The summed E-state index contributed by atoms with van der Waals surface area (Å²) in [6.07, 6.45) is 0. The van der Waals surface area contributed by atoms with Gasteiger partial charge in [-0.25, -0.2) is 9.97 Å². The molecule has 4 rings (SSSR count). The zero-order chi connectivity index (χ0) is 22.0. The lowest BCUT2D eigenvalue weighted by Gasteiger charge is -2.32. The Morgan fingerprint density at radius 3 is 2.77 bits per heavy atom. The molecule has 4 heterocycles. The minimum absolute atomic E-state index is 0.389. The summed E-state index contributed by atoms with van der Waals surface area (Å²) in [6.45, 7) is 14.8. The van der Waals surface area contributed by atoms with Gasteiger partial charge in [-0.2, -0.15) is 10.1 Å². The van der Waals surface area contributed by atoms with Crippen LogP contribution in [0, 0.1) is 20.8 Å². The number of pyridine rings is 1. The number of fused-ring (bicyclic) bond motifs is 1. The van der Waals surface area contributed by atoms with Crippen LogP contribution < -0.4 is 15.5 Å². The third-order valence-corrected chi connectivity index (χ3v) is 5.39. The Hall–Kier alpha value is -2.78. The predicted molar refractivity (Wildman–Crippen MR) is 123 cm³/mol. The number of nitrogens with zero attached hydrogens (tertiary/aromatic N) is 6. The van der Waals surface area contributed by atoms with Crippen LogP contribution in [0.1, 0.15) is 30.8 Å². The lowest BCUT2D eigenvalue weighted by atomic mass is 10.2.